The molecule has 3 aromatic rings. The van der Waals surface area contributed by atoms with E-state index in [9.17, 15) is 13.2 Å². The lowest BCUT2D eigenvalue weighted by Gasteiger charge is -2.34. The van der Waals surface area contributed by atoms with Gasteiger partial charge in [0.2, 0.25) is 15.9 Å². The van der Waals surface area contributed by atoms with Crippen LogP contribution in [0.1, 0.15) is 22.7 Å². The highest BCUT2D eigenvalue weighted by Gasteiger charge is 2.29. The second kappa shape index (κ2) is 11.5. The summed E-state index contributed by atoms with van der Waals surface area (Å²) < 4.78 is 32.4. The highest BCUT2D eigenvalue weighted by atomic mass is 32.2. The molecule has 35 heavy (non-hydrogen) atoms. The first-order valence-electron chi connectivity index (χ1n) is 11.7. The SMILES string of the molecule is COc1ccc(C(NCC(=O)N2CCN(S(=O)(=O)Cc3ccccc3)CC2)c2ccccc2)cc1. The summed E-state index contributed by atoms with van der Waals surface area (Å²) in [6.07, 6.45) is 0. The van der Waals surface area contributed by atoms with Gasteiger partial charge < -0.3 is 9.64 Å². The Morgan fingerprint density at radius 1 is 0.857 bits per heavy atom. The van der Waals surface area contributed by atoms with Crippen LogP contribution in [0.4, 0.5) is 0 Å². The molecule has 0 aromatic heterocycles. The second-order valence-electron chi connectivity index (χ2n) is 8.52. The molecule has 1 aliphatic heterocycles. The molecule has 7 nitrogen and oxygen atoms in total. The van der Waals surface area contributed by atoms with E-state index >= 15 is 0 Å². The molecule has 4 rings (SSSR count). The van der Waals surface area contributed by atoms with E-state index < -0.39 is 10.0 Å². The van der Waals surface area contributed by atoms with Crippen molar-refractivity contribution in [1.82, 2.24) is 14.5 Å². The number of ether oxygens (including phenoxy) is 1. The summed E-state index contributed by atoms with van der Waals surface area (Å²) in [6, 6.07) is 26.8. The molecule has 1 N–H and O–H groups in total. The van der Waals surface area contributed by atoms with Crippen molar-refractivity contribution < 1.29 is 17.9 Å². The summed E-state index contributed by atoms with van der Waals surface area (Å²) in [5.41, 5.74) is 2.85. The molecule has 0 bridgehead atoms. The monoisotopic (exact) mass is 493 g/mol. The molecule has 184 valence electrons. The number of carbonyl (C=O) groups excluding carboxylic acids is 1. The number of amides is 1. The normalized spacial score (nSPS) is 15.5. The number of rotatable bonds is 9. The minimum Gasteiger partial charge on any atom is -0.497 e. The fourth-order valence-electron chi connectivity index (χ4n) is 4.26. The van der Waals surface area contributed by atoms with Crippen LogP contribution in [0.2, 0.25) is 0 Å². The summed E-state index contributed by atoms with van der Waals surface area (Å²) in [5.74, 6) is 0.709. The topological polar surface area (TPSA) is 79.0 Å². The van der Waals surface area contributed by atoms with E-state index in [1.54, 1.807) is 12.0 Å². The third-order valence-corrected chi connectivity index (χ3v) is 8.07. The van der Waals surface area contributed by atoms with E-state index in [1.807, 2.05) is 84.9 Å². The van der Waals surface area contributed by atoms with Gasteiger partial charge in [-0.05, 0) is 28.8 Å². The molecule has 1 unspecified atom stereocenters. The molecular weight excluding hydrogens is 462 g/mol. The minimum atomic E-state index is -3.42. The molecule has 0 aliphatic carbocycles. The lowest BCUT2D eigenvalue weighted by atomic mass is 9.98. The van der Waals surface area contributed by atoms with Crippen molar-refractivity contribution in [2.45, 2.75) is 11.8 Å². The number of sulfonamides is 1. The van der Waals surface area contributed by atoms with Crippen LogP contribution in [0, 0.1) is 0 Å². The third-order valence-electron chi connectivity index (χ3n) is 6.22. The number of benzene rings is 3. The first-order valence-corrected chi connectivity index (χ1v) is 13.3. The standard InChI is InChI=1S/C27H31N3O4S/c1-34-25-14-12-24(13-15-25)27(23-10-6-3-7-11-23)28-20-26(31)29-16-18-30(19-17-29)35(32,33)21-22-8-4-2-5-9-22/h2-15,27-28H,16-21H2,1H3. The third kappa shape index (κ3) is 6.48. The summed E-state index contributed by atoms with van der Waals surface area (Å²) in [7, 11) is -1.79. The zero-order chi connectivity index (χ0) is 24.7. The van der Waals surface area contributed by atoms with Crippen molar-refractivity contribution in [1.29, 1.82) is 0 Å². The van der Waals surface area contributed by atoms with Gasteiger partial charge in [0.1, 0.15) is 5.75 Å². The van der Waals surface area contributed by atoms with E-state index in [2.05, 4.69) is 5.32 Å². The molecule has 0 radical (unpaired) electrons. The van der Waals surface area contributed by atoms with Crippen LogP contribution in [0.3, 0.4) is 0 Å². The minimum absolute atomic E-state index is 0.0239. The smallest absolute Gasteiger partial charge is 0.236 e. The molecule has 1 heterocycles. The van der Waals surface area contributed by atoms with Crippen LogP contribution < -0.4 is 10.1 Å². The van der Waals surface area contributed by atoms with Crippen molar-refractivity contribution >= 4 is 15.9 Å². The molecule has 1 fully saturated rings. The zero-order valence-electron chi connectivity index (χ0n) is 19.8. The first-order chi connectivity index (χ1) is 17.0. The number of carbonyl (C=O) groups is 1. The molecule has 1 saturated heterocycles. The molecule has 0 spiro atoms. The van der Waals surface area contributed by atoms with Gasteiger partial charge in [-0.25, -0.2) is 8.42 Å². The number of hydrogen-bond donors (Lipinski definition) is 1. The Morgan fingerprint density at radius 3 is 2.03 bits per heavy atom. The molecular formula is C27H31N3O4S. The van der Waals surface area contributed by atoms with E-state index in [4.69, 9.17) is 4.74 Å². The highest BCUT2D eigenvalue weighted by Crippen LogP contribution is 2.24. The van der Waals surface area contributed by atoms with Crippen LogP contribution in [0.15, 0.2) is 84.9 Å². The van der Waals surface area contributed by atoms with Crippen molar-refractivity contribution in [2.75, 3.05) is 39.8 Å². The van der Waals surface area contributed by atoms with Crippen LogP contribution in [-0.2, 0) is 20.6 Å². The predicted molar refractivity (Wildman–Crippen MR) is 137 cm³/mol. The maximum Gasteiger partial charge on any atom is 0.236 e. The Balaban J connectivity index is 1.35. The second-order valence-corrected chi connectivity index (χ2v) is 10.5. The van der Waals surface area contributed by atoms with Gasteiger partial charge in [-0.2, -0.15) is 4.31 Å². The number of piperazine rings is 1. The van der Waals surface area contributed by atoms with Crippen molar-refractivity contribution in [3.63, 3.8) is 0 Å². The maximum absolute atomic E-state index is 13.0. The van der Waals surface area contributed by atoms with Gasteiger partial charge in [0, 0.05) is 26.2 Å². The molecule has 1 aliphatic rings. The average molecular weight is 494 g/mol. The van der Waals surface area contributed by atoms with Gasteiger partial charge >= 0.3 is 0 Å². The van der Waals surface area contributed by atoms with Crippen LogP contribution in [-0.4, -0.2) is 63.4 Å². The number of methoxy groups -OCH3 is 1. The van der Waals surface area contributed by atoms with Crippen molar-refractivity contribution in [2.24, 2.45) is 0 Å². The quantitative estimate of drug-likeness (QED) is 0.496. The molecule has 1 amide bonds. The predicted octanol–water partition coefficient (Wildman–Crippen LogP) is 3.05. The van der Waals surface area contributed by atoms with E-state index in [1.165, 1.54) is 4.31 Å². The lowest BCUT2D eigenvalue weighted by molar-refractivity contribution is -0.131. The van der Waals surface area contributed by atoms with Gasteiger partial charge in [-0.1, -0.05) is 72.8 Å². The lowest BCUT2D eigenvalue weighted by Crippen LogP contribution is -2.52. The zero-order valence-corrected chi connectivity index (χ0v) is 20.7. The fourth-order valence-corrected chi connectivity index (χ4v) is 5.78. The summed E-state index contributed by atoms with van der Waals surface area (Å²) in [6.45, 7) is 1.53. The Morgan fingerprint density at radius 2 is 1.43 bits per heavy atom. The van der Waals surface area contributed by atoms with Crippen molar-refractivity contribution in [3.8, 4) is 5.75 Å². The Labute approximate surface area is 207 Å². The number of hydrogen-bond acceptors (Lipinski definition) is 5. The van der Waals surface area contributed by atoms with E-state index in [0.29, 0.717) is 26.2 Å². The van der Waals surface area contributed by atoms with Crippen LogP contribution in [0.25, 0.3) is 0 Å². The van der Waals surface area contributed by atoms with Gasteiger partial charge in [0.05, 0.1) is 25.4 Å². The summed E-state index contributed by atoms with van der Waals surface area (Å²) in [4.78, 5) is 14.7. The summed E-state index contributed by atoms with van der Waals surface area (Å²) >= 11 is 0. The van der Waals surface area contributed by atoms with Crippen LogP contribution >= 0.6 is 0 Å². The van der Waals surface area contributed by atoms with Gasteiger partial charge in [-0.3, -0.25) is 10.1 Å². The molecule has 0 saturated carbocycles. The fraction of sp³-hybridized carbons (Fsp3) is 0.296. The Hall–Kier alpha value is -3.20. The average Bonchev–Trinajstić information content (AvgIpc) is 2.90. The van der Waals surface area contributed by atoms with Crippen molar-refractivity contribution in [3.05, 3.63) is 102 Å². The molecule has 8 heteroatoms. The molecule has 3 aromatic carbocycles. The van der Waals surface area contributed by atoms with Crippen LogP contribution in [0.5, 0.6) is 5.75 Å². The first kappa shape index (κ1) is 24.9. The number of nitrogens with zero attached hydrogens (tertiary/aromatic N) is 2. The van der Waals surface area contributed by atoms with Gasteiger partial charge in [0.25, 0.3) is 0 Å². The number of nitrogens with one attached hydrogen (secondary N) is 1. The Bertz CT molecular complexity index is 1190. The Kier molecular flexibility index (Phi) is 8.17. The molecule has 1 atom stereocenters. The van der Waals surface area contributed by atoms with E-state index in [0.717, 1.165) is 22.4 Å². The van der Waals surface area contributed by atoms with Gasteiger partial charge in [-0.15, -0.1) is 0 Å². The van der Waals surface area contributed by atoms with Gasteiger partial charge in [0.15, 0.2) is 0 Å². The summed E-state index contributed by atoms with van der Waals surface area (Å²) in [5, 5.41) is 3.40. The van der Waals surface area contributed by atoms with E-state index in [-0.39, 0.29) is 24.2 Å². The largest absolute Gasteiger partial charge is 0.497 e. The maximum atomic E-state index is 13.0. The highest BCUT2D eigenvalue weighted by molar-refractivity contribution is 7.88.